The van der Waals surface area contributed by atoms with Gasteiger partial charge < -0.3 is 10.1 Å². The lowest BCUT2D eigenvalue weighted by Crippen LogP contribution is -2.07. The van der Waals surface area contributed by atoms with Crippen molar-refractivity contribution in [2.45, 2.75) is 6.18 Å². The summed E-state index contributed by atoms with van der Waals surface area (Å²) >= 11 is 5.51. The average molecular weight is 321 g/mol. The number of pyridine rings is 1. The first-order chi connectivity index (χ1) is 9.79. The zero-order valence-corrected chi connectivity index (χ0v) is 11.4. The van der Waals surface area contributed by atoms with Gasteiger partial charge in [0.1, 0.15) is 17.4 Å². The monoisotopic (exact) mass is 320 g/mol. The van der Waals surface area contributed by atoms with E-state index in [1.807, 2.05) is 0 Å². The fraction of sp³-hybridized carbons (Fsp3) is 0.154. The summed E-state index contributed by atoms with van der Waals surface area (Å²) in [5.41, 5.74) is -0.925. The van der Waals surface area contributed by atoms with Crippen LogP contribution in [0.4, 0.5) is 23.4 Å². The number of hydrogen-bond acceptors (Lipinski definition) is 3. The second-order valence-electron chi connectivity index (χ2n) is 4.01. The van der Waals surface area contributed by atoms with E-state index < -0.39 is 17.6 Å². The van der Waals surface area contributed by atoms with Crippen LogP contribution in [0.15, 0.2) is 30.3 Å². The molecule has 0 unspecified atom stereocenters. The molecule has 1 aromatic heterocycles. The van der Waals surface area contributed by atoms with Gasteiger partial charge in [-0.2, -0.15) is 18.2 Å². The predicted molar refractivity (Wildman–Crippen MR) is 70.3 cm³/mol. The van der Waals surface area contributed by atoms with Gasteiger partial charge in [-0.3, -0.25) is 0 Å². The maximum Gasteiger partial charge on any atom is 0.416 e. The molecule has 0 spiro atoms. The van der Waals surface area contributed by atoms with Crippen LogP contribution >= 0.6 is 11.6 Å². The Labute approximate surface area is 122 Å². The summed E-state index contributed by atoms with van der Waals surface area (Å²) < 4.78 is 56.7. The molecule has 0 saturated heterocycles. The number of nitrogens with one attached hydrogen (secondary N) is 1. The zero-order valence-electron chi connectivity index (χ0n) is 10.6. The third-order valence-electron chi connectivity index (χ3n) is 2.50. The maximum atomic E-state index is 13.3. The van der Waals surface area contributed by atoms with Gasteiger partial charge in [-0.25, -0.2) is 4.39 Å². The number of ether oxygens (including phenoxy) is 1. The Bertz CT molecular complexity index is 661. The Morgan fingerprint density at radius 3 is 2.48 bits per heavy atom. The third-order valence-corrected chi connectivity index (χ3v) is 2.81. The van der Waals surface area contributed by atoms with Gasteiger partial charge in [0.2, 0.25) is 5.88 Å². The molecular formula is C13H9ClF4N2O. The van der Waals surface area contributed by atoms with Gasteiger partial charge in [-0.1, -0.05) is 11.6 Å². The molecule has 2 aromatic rings. The van der Waals surface area contributed by atoms with Gasteiger partial charge in [-0.05, 0) is 18.2 Å². The van der Waals surface area contributed by atoms with E-state index >= 15 is 0 Å². The molecule has 0 aliphatic rings. The van der Waals surface area contributed by atoms with E-state index in [0.717, 1.165) is 18.2 Å². The Morgan fingerprint density at radius 1 is 1.19 bits per heavy atom. The van der Waals surface area contributed by atoms with E-state index in [1.54, 1.807) is 0 Å². The average Bonchev–Trinajstić information content (AvgIpc) is 2.41. The van der Waals surface area contributed by atoms with Crippen LogP contribution in [0.1, 0.15) is 5.56 Å². The normalized spacial score (nSPS) is 11.3. The highest BCUT2D eigenvalue weighted by molar-refractivity contribution is 6.30. The molecule has 0 fully saturated rings. The van der Waals surface area contributed by atoms with Gasteiger partial charge >= 0.3 is 6.18 Å². The van der Waals surface area contributed by atoms with Crippen molar-refractivity contribution in [3.8, 4) is 11.6 Å². The molecule has 1 aromatic carbocycles. The number of alkyl halides is 3. The van der Waals surface area contributed by atoms with Crippen molar-refractivity contribution in [3.63, 3.8) is 0 Å². The molecule has 0 bridgehead atoms. The number of rotatable bonds is 3. The summed E-state index contributed by atoms with van der Waals surface area (Å²) in [6, 6.07) is 5.09. The smallest absolute Gasteiger partial charge is 0.416 e. The topological polar surface area (TPSA) is 34.1 Å². The fourth-order valence-corrected chi connectivity index (χ4v) is 1.63. The standard InChI is InChI=1S/C13H9ClF4N2O/c1-19-11-4-7(13(16,17)18)5-12(20-11)21-8-2-3-9(14)10(15)6-8/h2-6H,1H3,(H,19,20). The molecule has 1 N–H and O–H groups in total. The summed E-state index contributed by atoms with van der Waals surface area (Å²) in [4.78, 5) is 3.82. The fourth-order valence-electron chi connectivity index (χ4n) is 1.51. The molecular weight excluding hydrogens is 312 g/mol. The van der Waals surface area contributed by atoms with E-state index in [4.69, 9.17) is 16.3 Å². The van der Waals surface area contributed by atoms with Crippen molar-refractivity contribution in [1.82, 2.24) is 4.98 Å². The van der Waals surface area contributed by atoms with E-state index in [-0.39, 0.29) is 22.5 Å². The molecule has 0 aliphatic carbocycles. The quantitative estimate of drug-likeness (QED) is 0.830. The molecule has 8 heteroatoms. The predicted octanol–water partition coefficient (Wildman–Crippen LogP) is 4.73. The summed E-state index contributed by atoms with van der Waals surface area (Å²) in [6.45, 7) is 0. The van der Waals surface area contributed by atoms with Crippen molar-refractivity contribution in [1.29, 1.82) is 0 Å². The Morgan fingerprint density at radius 2 is 1.90 bits per heavy atom. The second-order valence-corrected chi connectivity index (χ2v) is 4.41. The van der Waals surface area contributed by atoms with Crippen LogP contribution in [0.2, 0.25) is 5.02 Å². The minimum Gasteiger partial charge on any atom is -0.439 e. The number of halogens is 5. The Hall–Kier alpha value is -2.02. The number of aromatic nitrogens is 1. The van der Waals surface area contributed by atoms with Gasteiger partial charge in [0.25, 0.3) is 0 Å². The van der Waals surface area contributed by atoms with Crippen molar-refractivity contribution < 1.29 is 22.3 Å². The molecule has 3 nitrogen and oxygen atoms in total. The lowest BCUT2D eigenvalue weighted by Gasteiger charge is -2.12. The van der Waals surface area contributed by atoms with Crippen LogP contribution in [-0.2, 0) is 6.18 Å². The van der Waals surface area contributed by atoms with Crippen molar-refractivity contribution in [3.05, 3.63) is 46.7 Å². The summed E-state index contributed by atoms with van der Waals surface area (Å²) in [7, 11) is 1.42. The highest BCUT2D eigenvalue weighted by atomic mass is 35.5. The number of nitrogens with zero attached hydrogens (tertiary/aromatic N) is 1. The molecule has 0 atom stereocenters. The molecule has 1 heterocycles. The number of benzene rings is 1. The van der Waals surface area contributed by atoms with Crippen LogP contribution in [0.3, 0.4) is 0 Å². The Kier molecular flexibility index (Phi) is 4.22. The molecule has 0 aliphatic heterocycles. The second kappa shape index (κ2) is 5.77. The summed E-state index contributed by atoms with van der Waals surface area (Å²) in [5.74, 6) is -1.08. The van der Waals surface area contributed by atoms with Gasteiger partial charge in [0, 0.05) is 19.2 Å². The lowest BCUT2D eigenvalue weighted by atomic mass is 10.2. The summed E-state index contributed by atoms with van der Waals surface area (Å²) in [6.07, 6.45) is -4.54. The summed E-state index contributed by atoms with van der Waals surface area (Å²) in [5, 5.41) is 2.38. The number of hydrogen-bond donors (Lipinski definition) is 1. The van der Waals surface area contributed by atoms with E-state index in [0.29, 0.717) is 0 Å². The van der Waals surface area contributed by atoms with Crippen LogP contribution in [0, 0.1) is 5.82 Å². The Balaban J connectivity index is 2.36. The minimum atomic E-state index is -4.54. The first kappa shape index (κ1) is 15.4. The highest BCUT2D eigenvalue weighted by Gasteiger charge is 2.32. The molecule has 112 valence electrons. The van der Waals surface area contributed by atoms with Crippen molar-refractivity contribution in [2.24, 2.45) is 0 Å². The van der Waals surface area contributed by atoms with E-state index in [9.17, 15) is 17.6 Å². The van der Waals surface area contributed by atoms with Crippen LogP contribution < -0.4 is 10.1 Å². The third kappa shape index (κ3) is 3.75. The SMILES string of the molecule is CNc1cc(C(F)(F)F)cc(Oc2ccc(Cl)c(F)c2)n1. The molecule has 0 amide bonds. The number of anilines is 1. The van der Waals surface area contributed by atoms with Gasteiger partial charge in [0.15, 0.2) is 0 Å². The van der Waals surface area contributed by atoms with Crippen LogP contribution in [0.5, 0.6) is 11.6 Å². The maximum absolute atomic E-state index is 13.3. The van der Waals surface area contributed by atoms with E-state index in [1.165, 1.54) is 19.2 Å². The van der Waals surface area contributed by atoms with Crippen molar-refractivity contribution >= 4 is 17.4 Å². The minimum absolute atomic E-state index is 0.00854. The highest BCUT2D eigenvalue weighted by Crippen LogP contribution is 2.34. The molecule has 0 radical (unpaired) electrons. The zero-order chi connectivity index (χ0) is 15.6. The van der Waals surface area contributed by atoms with Gasteiger partial charge in [-0.15, -0.1) is 0 Å². The largest absolute Gasteiger partial charge is 0.439 e. The lowest BCUT2D eigenvalue weighted by molar-refractivity contribution is -0.137. The molecule has 21 heavy (non-hydrogen) atoms. The van der Waals surface area contributed by atoms with E-state index in [2.05, 4.69) is 10.3 Å². The first-order valence-electron chi connectivity index (χ1n) is 5.69. The van der Waals surface area contributed by atoms with Gasteiger partial charge in [0.05, 0.1) is 10.6 Å². The first-order valence-corrected chi connectivity index (χ1v) is 6.07. The van der Waals surface area contributed by atoms with Crippen LogP contribution in [-0.4, -0.2) is 12.0 Å². The molecule has 2 rings (SSSR count). The molecule has 0 saturated carbocycles. The van der Waals surface area contributed by atoms with Crippen LogP contribution in [0.25, 0.3) is 0 Å². The van der Waals surface area contributed by atoms with Crippen molar-refractivity contribution in [2.75, 3.05) is 12.4 Å².